The number of halogens is 2. The Hall–Kier alpha value is -2.52. The molecule has 0 saturated carbocycles. The molecule has 154 valence electrons. The monoisotopic (exact) mass is 422 g/mol. The molecule has 1 amide bonds. The Balaban J connectivity index is 1.51. The van der Waals surface area contributed by atoms with Crippen LogP contribution in [0, 0.1) is 0 Å². The number of anilines is 1. The summed E-state index contributed by atoms with van der Waals surface area (Å²) < 4.78 is 58.2. The fourth-order valence-corrected chi connectivity index (χ4v) is 5.35. The molecule has 0 N–H and O–H groups in total. The number of fused-ring (bicyclic) bond motifs is 1. The van der Waals surface area contributed by atoms with Crippen molar-refractivity contribution in [1.29, 1.82) is 0 Å². The van der Waals surface area contributed by atoms with Gasteiger partial charge in [0.1, 0.15) is 6.61 Å². The minimum absolute atomic E-state index is 0.142. The van der Waals surface area contributed by atoms with Gasteiger partial charge in [0.15, 0.2) is 0 Å². The molecule has 0 spiro atoms. The number of carbonyl (C=O) groups excluding carboxylic acids is 1. The van der Waals surface area contributed by atoms with E-state index in [4.69, 9.17) is 4.74 Å². The normalized spacial score (nSPS) is 18.6. The van der Waals surface area contributed by atoms with Crippen molar-refractivity contribution < 1.29 is 26.7 Å². The first-order chi connectivity index (χ1) is 13.9. The zero-order valence-corrected chi connectivity index (χ0v) is 16.3. The molecule has 9 heteroatoms. The van der Waals surface area contributed by atoms with Gasteiger partial charge in [-0.25, -0.2) is 22.0 Å². The number of hydrogen-bond donors (Lipinski definition) is 0. The molecule has 0 aromatic heterocycles. The number of sulfonamides is 1. The highest BCUT2D eigenvalue weighted by atomic mass is 32.2. The molecule has 1 saturated heterocycles. The largest absolute Gasteiger partial charge is 0.444 e. The topological polar surface area (TPSA) is 66.9 Å². The van der Waals surface area contributed by atoms with Crippen LogP contribution in [0.25, 0.3) is 0 Å². The number of rotatable bonds is 4. The predicted molar refractivity (Wildman–Crippen MR) is 102 cm³/mol. The summed E-state index contributed by atoms with van der Waals surface area (Å²) in [5.74, 6) is 0. The van der Waals surface area contributed by atoms with Gasteiger partial charge in [0.25, 0.3) is 6.43 Å². The van der Waals surface area contributed by atoms with Gasteiger partial charge in [-0.05, 0) is 31.0 Å². The molecule has 29 heavy (non-hydrogen) atoms. The van der Waals surface area contributed by atoms with Crippen molar-refractivity contribution in [2.24, 2.45) is 0 Å². The Morgan fingerprint density at radius 2 is 1.76 bits per heavy atom. The molecule has 2 aliphatic rings. The fourth-order valence-electron chi connectivity index (χ4n) is 3.82. The van der Waals surface area contributed by atoms with E-state index in [9.17, 15) is 22.0 Å². The van der Waals surface area contributed by atoms with E-state index in [1.807, 2.05) is 24.3 Å². The van der Waals surface area contributed by atoms with Crippen LogP contribution >= 0.6 is 0 Å². The molecule has 0 unspecified atom stereocenters. The molecule has 0 radical (unpaired) electrons. The lowest BCUT2D eigenvalue weighted by molar-refractivity contribution is 0.136. The number of alkyl halides is 2. The van der Waals surface area contributed by atoms with E-state index in [-0.39, 0.29) is 36.2 Å². The maximum Gasteiger partial charge on any atom is 0.414 e. The molecule has 2 aliphatic heterocycles. The molecule has 0 atom stereocenters. The van der Waals surface area contributed by atoms with E-state index < -0.39 is 22.5 Å². The molecule has 0 aliphatic carbocycles. The van der Waals surface area contributed by atoms with Gasteiger partial charge < -0.3 is 4.74 Å². The van der Waals surface area contributed by atoms with Gasteiger partial charge in [-0.2, -0.15) is 4.31 Å². The molecule has 4 rings (SSSR count). The second kappa shape index (κ2) is 7.72. The molecule has 2 aromatic rings. The van der Waals surface area contributed by atoms with Gasteiger partial charge in [-0.1, -0.05) is 30.3 Å². The lowest BCUT2D eigenvalue weighted by atomic mass is 10.0. The first-order valence-corrected chi connectivity index (χ1v) is 10.7. The average molecular weight is 422 g/mol. The Kier molecular flexibility index (Phi) is 5.26. The van der Waals surface area contributed by atoms with Crippen LogP contribution in [-0.4, -0.2) is 37.9 Å². The molecule has 2 aromatic carbocycles. The second-order valence-corrected chi connectivity index (χ2v) is 9.00. The summed E-state index contributed by atoms with van der Waals surface area (Å²) in [4.78, 5) is 13.8. The van der Waals surface area contributed by atoms with E-state index in [2.05, 4.69) is 0 Å². The molecule has 2 heterocycles. The first kappa shape index (κ1) is 19.8. The van der Waals surface area contributed by atoms with Crippen molar-refractivity contribution in [3.63, 3.8) is 0 Å². The Morgan fingerprint density at radius 3 is 2.48 bits per heavy atom. The summed E-state index contributed by atoms with van der Waals surface area (Å²) in [6.45, 7) is 0.606. The number of amides is 1. The van der Waals surface area contributed by atoms with Crippen molar-refractivity contribution in [3.8, 4) is 0 Å². The minimum Gasteiger partial charge on any atom is -0.444 e. The molecule has 1 fully saturated rings. The zero-order valence-electron chi connectivity index (χ0n) is 15.5. The van der Waals surface area contributed by atoms with Crippen molar-refractivity contribution >= 4 is 21.8 Å². The van der Waals surface area contributed by atoms with Crippen LogP contribution in [0.3, 0.4) is 0 Å². The van der Waals surface area contributed by atoms with Crippen molar-refractivity contribution in [1.82, 2.24) is 4.31 Å². The van der Waals surface area contributed by atoms with Crippen LogP contribution < -0.4 is 4.90 Å². The molecular weight excluding hydrogens is 402 g/mol. The predicted octanol–water partition coefficient (Wildman–Crippen LogP) is 3.93. The number of cyclic esters (lactones) is 1. The number of carbonyl (C=O) groups is 1. The summed E-state index contributed by atoms with van der Waals surface area (Å²) >= 11 is 0. The summed E-state index contributed by atoms with van der Waals surface area (Å²) in [5.41, 5.74) is 1.37. The first-order valence-electron chi connectivity index (χ1n) is 9.30. The summed E-state index contributed by atoms with van der Waals surface area (Å²) in [7, 11) is -3.88. The van der Waals surface area contributed by atoms with Gasteiger partial charge in [0.05, 0.1) is 10.6 Å². The van der Waals surface area contributed by atoms with E-state index in [0.717, 1.165) is 17.3 Å². The highest BCUT2D eigenvalue weighted by Crippen LogP contribution is 2.33. The van der Waals surface area contributed by atoms with Crippen molar-refractivity contribution in [2.45, 2.75) is 36.8 Å². The third-order valence-corrected chi connectivity index (χ3v) is 7.23. The lowest BCUT2D eigenvalue weighted by Gasteiger charge is -2.39. The summed E-state index contributed by atoms with van der Waals surface area (Å²) in [6, 6.07) is 12.1. The Bertz CT molecular complexity index is 1020. The summed E-state index contributed by atoms with van der Waals surface area (Å²) in [5, 5.41) is 0. The number of piperidine rings is 1. The maximum atomic E-state index is 12.9. The zero-order chi connectivity index (χ0) is 20.6. The molecule has 6 nitrogen and oxygen atoms in total. The van der Waals surface area contributed by atoms with Crippen LogP contribution in [0.15, 0.2) is 53.4 Å². The average Bonchev–Trinajstić information content (AvgIpc) is 2.74. The third-order valence-electron chi connectivity index (χ3n) is 5.34. The van der Waals surface area contributed by atoms with Gasteiger partial charge in [0, 0.05) is 30.3 Å². The van der Waals surface area contributed by atoms with E-state index in [1.54, 1.807) is 4.90 Å². The fraction of sp³-hybridized carbons (Fsp3) is 0.350. The van der Waals surface area contributed by atoms with Crippen LogP contribution in [0.4, 0.5) is 19.3 Å². The van der Waals surface area contributed by atoms with E-state index in [1.165, 1.54) is 22.5 Å². The van der Waals surface area contributed by atoms with Gasteiger partial charge in [-0.15, -0.1) is 0 Å². The Labute approximate surface area is 167 Å². The van der Waals surface area contributed by atoms with E-state index in [0.29, 0.717) is 12.8 Å². The minimum atomic E-state index is -3.88. The summed E-state index contributed by atoms with van der Waals surface area (Å²) in [6.07, 6.45) is -2.32. The smallest absolute Gasteiger partial charge is 0.414 e. The van der Waals surface area contributed by atoms with Crippen molar-refractivity contribution in [2.75, 3.05) is 18.0 Å². The SMILES string of the molecule is O=C1OCc2ccccc2N1C1CCN(S(=O)(=O)c2cccc(C(F)F)c2)CC1. The van der Waals surface area contributed by atoms with Crippen LogP contribution in [0.2, 0.25) is 0 Å². The van der Waals surface area contributed by atoms with Crippen LogP contribution in [-0.2, 0) is 21.4 Å². The molecule has 0 bridgehead atoms. The quantitative estimate of drug-likeness (QED) is 0.749. The van der Waals surface area contributed by atoms with Gasteiger partial charge >= 0.3 is 6.09 Å². The molecular formula is C20H20F2N2O4S. The maximum absolute atomic E-state index is 12.9. The number of benzene rings is 2. The lowest BCUT2D eigenvalue weighted by Crippen LogP contribution is -2.50. The number of para-hydroxylation sites is 1. The Morgan fingerprint density at radius 1 is 1.03 bits per heavy atom. The van der Waals surface area contributed by atoms with Crippen LogP contribution in [0.5, 0.6) is 0 Å². The third kappa shape index (κ3) is 3.72. The van der Waals surface area contributed by atoms with Crippen molar-refractivity contribution in [3.05, 3.63) is 59.7 Å². The highest BCUT2D eigenvalue weighted by Gasteiger charge is 2.37. The standard InChI is InChI=1S/C20H20F2N2O4S/c21-19(22)14-5-3-6-17(12-14)29(26,27)23-10-8-16(9-11-23)24-18-7-2-1-4-15(18)13-28-20(24)25/h1-7,12,16,19H,8-11,13H2. The number of nitrogens with zero attached hydrogens (tertiary/aromatic N) is 2. The van der Waals surface area contributed by atoms with Crippen LogP contribution in [0.1, 0.15) is 30.4 Å². The highest BCUT2D eigenvalue weighted by molar-refractivity contribution is 7.89. The number of hydrogen-bond acceptors (Lipinski definition) is 4. The van der Waals surface area contributed by atoms with E-state index >= 15 is 0 Å². The second-order valence-electron chi connectivity index (χ2n) is 7.06. The van der Waals surface area contributed by atoms with Gasteiger partial charge in [-0.3, -0.25) is 4.90 Å². The number of ether oxygens (including phenoxy) is 1. The van der Waals surface area contributed by atoms with Gasteiger partial charge in [0.2, 0.25) is 10.0 Å².